The molecule has 3 aromatic rings. The molecule has 1 aliphatic heterocycles. The molecule has 8 heteroatoms. The largest absolute Gasteiger partial charge is 0.493 e. The average molecular weight is 440 g/mol. The maximum absolute atomic E-state index is 5.54. The van der Waals surface area contributed by atoms with Gasteiger partial charge < -0.3 is 18.8 Å². The zero-order valence-corrected chi connectivity index (χ0v) is 19.4. The number of piperidine rings is 1. The van der Waals surface area contributed by atoms with Gasteiger partial charge in [-0.1, -0.05) is 6.42 Å². The van der Waals surface area contributed by atoms with Gasteiger partial charge in [-0.05, 0) is 44.9 Å². The number of benzene rings is 1. The van der Waals surface area contributed by atoms with E-state index in [0.717, 1.165) is 43.1 Å². The second kappa shape index (κ2) is 10.1. The van der Waals surface area contributed by atoms with Crippen LogP contribution in [0.15, 0.2) is 30.7 Å². The molecule has 4 rings (SSSR count). The number of hydrogen-bond donors (Lipinski definition) is 1. The highest BCUT2D eigenvalue weighted by Crippen LogP contribution is 2.41. The summed E-state index contributed by atoms with van der Waals surface area (Å²) >= 11 is 0. The molecule has 0 saturated carbocycles. The van der Waals surface area contributed by atoms with Crippen LogP contribution < -0.4 is 14.2 Å². The number of ether oxygens (including phenoxy) is 3. The van der Waals surface area contributed by atoms with Crippen molar-refractivity contribution in [3.8, 4) is 28.5 Å². The number of aryl methyl sites for hydroxylation is 2. The molecule has 1 saturated heterocycles. The molecule has 0 spiro atoms. The van der Waals surface area contributed by atoms with Crippen LogP contribution in [0.4, 0.5) is 0 Å². The Hall–Kier alpha value is -3.00. The lowest BCUT2D eigenvalue weighted by atomic mass is 9.98. The van der Waals surface area contributed by atoms with Gasteiger partial charge in [-0.2, -0.15) is 5.10 Å². The van der Waals surface area contributed by atoms with E-state index in [0.29, 0.717) is 23.3 Å². The Labute approximate surface area is 189 Å². The number of likely N-dealkylation sites (tertiary alicyclic amines) is 1. The van der Waals surface area contributed by atoms with Crippen molar-refractivity contribution in [2.24, 2.45) is 0 Å². The predicted octanol–water partition coefficient (Wildman–Crippen LogP) is 4.05. The number of hydrogen-bond acceptors (Lipinski definition) is 6. The molecule has 32 heavy (non-hydrogen) atoms. The lowest BCUT2D eigenvalue weighted by Gasteiger charge is -2.36. The molecule has 1 fully saturated rings. The summed E-state index contributed by atoms with van der Waals surface area (Å²) in [5.74, 6) is 2.93. The van der Waals surface area contributed by atoms with Crippen molar-refractivity contribution in [3.05, 3.63) is 42.1 Å². The summed E-state index contributed by atoms with van der Waals surface area (Å²) in [5, 5.41) is 7.55. The number of rotatable bonds is 9. The summed E-state index contributed by atoms with van der Waals surface area (Å²) in [6, 6.07) is 4.48. The standard InChI is InChI=1S/C24H33N5O3/c1-17-25-9-12-28(17)11-8-20-7-5-6-10-29(20)16-19-15-26-27-23(19)18-13-21(30-2)24(32-4)22(14-18)31-3/h9,12-15,20H,5-8,10-11,16H2,1-4H3,(H,26,27). The molecule has 1 aromatic carbocycles. The Morgan fingerprint density at radius 2 is 1.88 bits per heavy atom. The van der Waals surface area contributed by atoms with E-state index in [1.807, 2.05) is 24.5 Å². The van der Waals surface area contributed by atoms with E-state index in [9.17, 15) is 0 Å². The number of imidazole rings is 1. The first-order valence-corrected chi connectivity index (χ1v) is 11.2. The van der Waals surface area contributed by atoms with E-state index in [4.69, 9.17) is 14.2 Å². The minimum Gasteiger partial charge on any atom is -0.493 e. The summed E-state index contributed by atoms with van der Waals surface area (Å²) < 4.78 is 18.8. The van der Waals surface area contributed by atoms with E-state index >= 15 is 0 Å². The van der Waals surface area contributed by atoms with Crippen LogP contribution in [0.2, 0.25) is 0 Å². The molecule has 1 aliphatic rings. The molecule has 2 aromatic heterocycles. The van der Waals surface area contributed by atoms with Gasteiger partial charge in [0.1, 0.15) is 5.82 Å². The normalized spacial score (nSPS) is 16.8. The van der Waals surface area contributed by atoms with Crippen LogP contribution in [-0.2, 0) is 13.1 Å². The quantitative estimate of drug-likeness (QED) is 0.542. The molecular formula is C24H33N5O3. The van der Waals surface area contributed by atoms with Crippen molar-refractivity contribution in [1.29, 1.82) is 0 Å². The highest BCUT2D eigenvalue weighted by atomic mass is 16.5. The second-order valence-corrected chi connectivity index (χ2v) is 8.26. The lowest BCUT2D eigenvalue weighted by molar-refractivity contribution is 0.128. The molecule has 1 atom stereocenters. The smallest absolute Gasteiger partial charge is 0.203 e. The summed E-state index contributed by atoms with van der Waals surface area (Å²) in [6.45, 7) is 5.02. The molecule has 1 unspecified atom stereocenters. The topological polar surface area (TPSA) is 77.4 Å². The Morgan fingerprint density at radius 1 is 1.09 bits per heavy atom. The van der Waals surface area contributed by atoms with Crippen LogP contribution in [0.5, 0.6) is 17.2 Å². The van der Waals surface area contributed by atoms with Gasteiger partial charge in [0.25, 0.3) is 0 Å². The first kappa shape index (κ1) is 22.2. The third-order valence-corrected chi connectivity index (χ3v) is 6.42. The van der Waals surface area contributed by atoms with Gasteiger partial charge >= 0.3 is 0 Å². The Bertz CT molecular complexity index is 1000. The third kappa shape index (κ3) is 4.60. The average Bonchev–Trinajstić information content (AvgIpc) is 3.46. The van der Waals surface area contributed by atoms with Gasteiger partial charge in [-0.25, -0.2) is 4.98 Å². The van der Waals surface area contributed by atoms with Crippen molar-refractivity contribution in [3.63, 3.8) is 0 Å². The van der Waals surface area contributed by atoms with E-state index in [-0.39, 0.29) is 0 Å². The van der Waals surface area contributed by atoms with Gasteiger partial charge in [-0.15, -0.1) is 0 Å². The first-order chi connectivity index (χ1) is 15.6. The number of methoxy groups -OCH3 is 3. The van der Waals surface area contributed by atoms with Gasteiger partial charge in [0.15, 0.2) is 11.5 Å². The van der Waals surface area contributed by atoms with Crippen LogP contribution in [0.1, 0.15) is 37.1 Å². The molecule has 8 nitrogen and oxygen atoms in total. The predicted molar refractivity (Wildman–Crippen MR) is 123 cm³/mol. The van der Waals surface area contributed by atoms with Crippen molar-refractivity contribution in [2.75, 3.05) is 27.9 Å². The summed E-state index contributed by atoms with van der Waals surface area (Å²) in [7, 11) is 4.88. The monoisotopic (exact) mass is 439 g/mol. The fraction of sp³-hybridized carbons (Fsp3) is 0.500. The maximum Gasteiger partial charge on any atom is 0.203 e. The fourth-order valence-electron chi connectivity index (χ4n) is 4.65. The zero-order valence-electron chi connectivity index (χ0n) is 19.4. The molecular weight excluding hydrogens is 406 g/mol. The number of nitrogens with one attached hydrogen (secondary N) is 1. The van der Waals surface area contributed by atoms with Gasteiger partial charge in [0.2, 0.25) is 5.75 Å². The van der Waals surface area contributed by atoms with Crippen molar-refractivity contribution < 1.29 is 14.2 Å². The van der Waals surface area contributed by atoms with Gasteiger partial charge in [0, 0.05) is 42.7 Å². The zero-order chi connectivity index (χ0) is 22.5. The second-order valence-electron chi connectivity index (χ2n) is 8.26. The minimum absolute atomic E-state index is 0.549. The van der Waals surface area contributed by atoms with Gasteiger partial charge in [0.05, 0.1) is 33.2 Å². The van der Waals surface area contributed by atoms with Crippen LogP contribution in [-0.4, -0.2) is 58.6 Å². The molecule has 172 valence electrons. The third-order valence-electron chi connectivity index (χ3n) is 6.42. The van der Waals surface area contributed by atoms with Crippen LogP contribution >= 0.6 is 0 Å². The SMILES string of the molecule is COc1cc(-c2[nH]ncc2CN2CCCCC2CCn2ccnc2C)cc(OC)c1OC. The minimum atomic E-state index is 0.549. The van der Waals surface area contributed by atoms with Gasteiger partial charge in [-0.3, -0.25) is 10.00 Å². The molecule has 0 bridgehead atoms. The molecule has 0 aliphatic carbocycles. The number of H-pyrrole nitrogens is 1. The van der Waals surface area contributed by atoms with Crippen LogP contribution in [0.25, 0.3) is 11.3 Å². The number of aromatic nitrogens is 4. The van der Waals surface area contributed by atoms with E-state index in [2.05, 4.69) is 37.8 Å². The summed E-state index contributed by atoms with van der Waals surface area (Å²) in [6.07, 6.45) is 10.8. The Kier molecular flexibility index (Phi) is 6.99. The Balaban J connectivity index is 1.54. The van der Waals surface area contributed by atoms with Crippen molar-refractivity contribution in [1.82, 2.24) is 24.6 Å². The highest BCUT2D eigenvalue weighted by Gasteiger charge is 2.25. The molecule has 0 radical (unpaired) electrons. The molecule has 1 N–H and O–H groups in total. The Morgan fingerprint density at radius 3 is 2.53 bits per heavy atom. The highest BCUT2D eigenvalue weighted by molar-refractivity contribution is 5.70. The lowest BCUT2D eigenvalue weighted by Crippen LogP contribution is -2.39. The first-order valence-electron chi connectivity index (χ1n) is 11.2. The van der Waals surface area contributed by atoms with Crippen LogP contribution in [0.3, 0.4) is 0 Å². The van der Waals surface area contributed by atoms with E-state index in [1.165, 1.54) is 24.8 Å². The van der Waals surface area contributed by atoms with Crippen molar-refractivity contribution in [2.45, 2.75) is 51.7 Å². The van der Waals surface area contributed by atoms with E-state index in [1.54, 1.807) is 21.3 Å². The fourth-order valence-corrected chi connectivity index (χ4v) is 4.65. The van der Waals surface area contributed by atoms with Crippen molar-refractivity contribution >= 4 is 0 Å². The number of aromatic amines is 1. The number of nitrogens with zero attached hydrogens (tertiary/aromatic N) is 4. The molecule has 3 heterocycles. The summed E-state index contributed by atoms with van der Waals surface area (Å²) in [5.41, 5.74) is 3.12. The summed E-state index contributed by atoms with van der Waals surface area (Å²) in [4.78, 5) is 6.95. The van der Waals surface area contributed by atoms with E-state index < -0.39 is 0 Å². The molecule has 0 amide bonds. The van der Waals surface area contributed by atoms with Crippen LogP contribution in [0, 0.1) is 6.92 Å². The maximum atomic E-state index is 5.54.